The number of pyridine rings is 1. The quantitative estimate of drug-likeness (QED) is 0.534. The molecule has 202 valence electrons. The van der Waals surface area contributed by atoms with Gasteiger partial charge in [-0.05, 0) is 35.9 Å². The highest BCUT2D eigenvalue weighted by molar-refractivity contribution is 5.99. The maximum Gasteiger partial charge on any atom is 0.493 e. The lowest BCUT2D eigenvalue weighted by atomic mass is 10.0. The van der Waals surface area contributed by atoms with Crippen LogP contribution in [0.5, 0.6) is 0 Å². The molecule has 1 aromatic carbocycles. The van der Waals surface area contributed by atoms with E-state index < -0.39 is 18.1 Å². The molecule has 3 aromatic rings. The fourth-order valence-electron chi connectivity index (χ4n) is 4.44. The van der Waals surface area contributed by atoms with Gasteiger partial charge in [0.25, 0.3) is 11.8 Å². The van der Waals surface area contributed by atoms with Crippen molar-refractivity contribution in [1.82, 2.24) is 19.9 Å². The summed E-state index contributed by atoms with van der Waals surface area (Å²) < 4.78 is 45.1. The number of morpholine rings is 1. The normalized spacial score (nSPS) is 15.7. The Morgan fingerprint density at radius 3 is 2.62 bits per heavy atom. The van der Waals surface area contributed by atoms with E-state index in [1.807, 2.05) is 0 Å². The standard InChI is InChI=1S/C27H23F3N4O5/c28-27(29,30)26(37)39-34-22-8-10-32-24(35)21(22)16-23(34)18-7-9-31-19(15-18)6-5-17-3-1-2-4-20(17)25(36)33-11-13-38-14-12-33/h1-7,9,15-16H,8,10-14H2,(H,32,35). The number of nitrogens with zero attached hydrogens (tertiary/aromatic N) is 3. The first-order valence-electron chi connectivity index (χ1n) is 12.2. The second kappa shape index (κ2) is 10.7. The second-order valence-corrected chi connectivity index (χ2v) is 8.86. The number of halogens is 3. The number of hydrogen-bond acceptors (Lipinski definition) is 6. The highest BCUT2D eigenvalue weighted by atomic mass is 19.4. The van der Waals surface area contributed by atoms with Crippen molar-refractivity contribution >= 4 is 29.9 Å². The Kier molecular flexibility index (Phi) is 7.20. The van der Waals surface area contributed by atoms with Gasteiger partial charge in [0.15, 0.2) is 0 Å². The number of amides is 2. The molecule has 2 amide bonds. The van der Waals surface area contributed by atoms with Gasteiger partial charge in [-0.15, -0.1) is 0 Å². The second-order valence-electron chi connectivity index (χ2n) is 8.86. The minimum absolute atomic E-state index is 0.0922. The van der Waals surface area contributed by atoms with Gasteiger partial charge in [0.1, 0.15) is 0 Å². The maximum absolute atomic E-state index is 13.1. The van der Waals surface area contributed by atoms with Gasteiger partial charge < -0.3 is 19.8 Å². The van der Waals surface area contributed by atoms with Crippen LogP contribution < -0.4 is 10.2 Å². The average Bonchev–Trinajstić information content (AvgIpc) is 3.31. The third-order valence-electron chi connectivity index (χ3n) is 6.35. The van der Waals surface area contributed by atoms with E-state index in [4.69, 9.17) is 9.57 Å². The van der Waals surface area contributed by atoms with Crippen molar-refractivity contribution in [1.29, 1.82) is 0 Å². The van der Waals surface area contributed by atoms with Crippen molar-refractivity contribution in [2.75, 3.05) is 32.8 Å². The molecule has 0 bridgehead atoms. The Balaban J connectivity index is 1.47. The summed E-state index contributed by atoms with van der Waals surface area (Å²) in [4.78, 5) is 47.8. The summed E-state index contributed by atoms with van der Waals surface area (Å²) in [6.45, 7) is 2.14. The molecule has 0 aliphatic carbocycles. The fraction of sp³-hybridized carbons (Fsp3) is 0.259. The van der Waals surface area contributed by atoms with Crippen LogP contribution in [-0.4, -0.2) is 71.4 Å². The summed E-state index contributed by atoms with van der Waals surface area (Å²) in [5, 5.41) is 2.63. The number of fused-ring (bicyclic) bond motifs is 1. The van der Waals surface area contributed by atoms with Crippen molar-refractivity contribution in [3.63, 3.8) is 0 Å². The van der Waals surface area contributed by atoms with Crippen LogP contribution in [0.2, 0.25) is 0 Å². The van der Waals surface area contributed by atoms with E-state index in [0.29, 0.717) is 48.7 Å². The SMILES string of the molecule is O=C1NCCc2c1cc(-c1ccnc(C=Cc3ccccc3C(=O)N3CCOCC3)c1)n2OC(=O)C(F)(F)F. The molecule has 39 heavy (non-hydrogen) atoms. The molecule has 5 rings (SSSR count). The van der Waals surface area contributed by atoms with Gasteiger partial charge in [0, 0.05) is 43.4 Å². The van der Waals surface area contributed by atoms with Crippen LogP contribution >= 0.6 is 0 Å². The lowest BCUT2D eigenvalue weighted by Crippen LogP contribution is -2.40. The van der Waals surface area contributed by atoms with E-state index >= 15 is 0 Å². The van der Waals surface area contributed by atoms with E-state index in [1.165, 1.54) is 18.3 Å². The summed E-state index contributed by atoms with van der Waals surface area (Å²) in [7, 11) is 0. The molecule has 0 unspecified atom stereocenters. The number of rotatable bonds is 5. The smallest absolute Gasteiger partial charge is 0.378 e. The molecule has 0 spiro atoms. The van der Waals surface area contributed by atoms with E-state index in [1.54, 1.807) is 47.4 Å². The molecule has 0 radical (unpaired) electrons. The zero-order valence-corrected chi connectivity index (χ0v) is 20.5. The largest absolute Gasteiger partial charge is 0.493 e. The van der Waals surface area contributed by atoms with Crippen LogP contribution in [0.3, 0.4) is 0 Å². The summed E-state index contributed by atoms with van der Waals surface area (Å²) in [5.41, 5.74) is 2.35. The summed E-state index contributed by atoms with van der Waals surface area (Å²) in [6, 6.07) is 11.6. The number of aromatic nitrogens is 2. The highest BCUT2D eigenvalue weighted by Crippen LogP contribution is 2.29. The predicted octanol–water partition coefficient (Wildman–Crippen LogP) is 3.00. The minimum Gasteiger partial charge on any atom is -0.378 e. The van der Waals surface area contributed by atoms with Crippen LogP contribution in [0, 0.1) is 0 Å². The Morgan fingerprint density at radius 1 is 1.08 bits per heavy atom. The molecule has 0 saturated carbocycles. The van der Waals surface area contributed by atoms with E-state index in [9.17, 15) is 27.6 Å². The zero-order valence-electron chi connectivity index (χ0n) is 20.5. The molecule has 2 aromatic heterocycles. The number of hydrogen-bond donors (Lipinski definition) is 1. The molecule has 12 heteroatoms. The lowest BCUT2D eigenvalue weighted by molar-refractivity contribution is -0.199. The number of nitrogens with one attached hydrogen (secondary N) is 1. The summed E-state index contributed by atoms with van der Waals surface area (Å²) >= 11 is 0. The van der Waals surface area contributed by atoms with Crippen molar-refractivity contribution in [2.45, 2.75) is 12.6 Å². The first kappa shape index (κ1) is 26.2. The molecule has 2 aliphatic heterocycles. The Hall–Kier alpha value is -4.45. The van der Waals surface area contributed by atoms with Crippen LogP contribution in [0.1, 0.15) is 37.7 Å². The number of carbonyl (C=O) groups excluding carboxylic acids is 3. The van der Waals surface area contributed by atoms with Gasteiger partial charge in [-0.2, -0.15) is 17.9 Å². The topological polar surface area (TPSA) is 103 Å². The van der Waals surface area contributed by atoms with Gasteiger partial charge >= 0.3 is 12.1 Å². The first-order chi connectivity index (χ1) is 18.7. The third-order valence-corrected chi connectivity index (χ3v) is 6.35. The number of ether oxygens (including phenoxy) is 1. The van der Waals surface area contributed by atoms with E-state index in [0.717, 1.165) is 4.73 Å². The molecule has 0 atom stereocenters. The van der Waals surface area contributed by atoms with Crippen LogP contribution in [0.25, 0.3) is 23.4 Å². The minimum atomic E-state index is -5.22. The molecule has 4 heterocycles. The molecule has 1 saturated heterocycles. The van der Waals surface area contributed by atoms with Crippen molar-refractivity contribution in [2.24, 2.45) is 0 Å². The zero-order chi connectivity index (χ0) is 27.6. The van der Waals surface area contributed by atoms with Crippen molar-refractivity contribution < 1.29 is 37.1 Å². The van der Waals surface area contributed by atoms with Gasteiger partial charge in [-0.3, -0.25) is 14.6 Å². The van der Waals surface area contributed by atoms with Gasteiger partial charge in [0.2, 0.25) is 0 Å². The van der Waals surface area contributed by atoms with E-state index in [-0.39, 0.29) is 35.8 Å². The number of alkyl halides is 3. The Labute approximate surface area is 220 Å². The molecular formula is C27H23F3N4O5. The monoisotopic (exact) mass is 540 g/mol. The third kappa shape index (κ3) is 5.55. The predicted molar refractivity (Wildman–Crippen MR) is 133 cm³/mol. The summed E-state index contributed by atoms with van der Waals surface area (Å²) in [5.74, 6) is -2.99. The van der Waals surface area contributed by atoms with Gasteiger partial charge in [0.05, 0.1) is 35.9 Å². The fourth-order valence-corrected chi connectivity index (χ4v) is 4.44. The van der Waals surface area contributed by atoms with Crippen LogP contribution in [-0.2, 0) is 16.0 Å². The summed E-state index contributed by atoms with van der Waals surface area (Å²) in [6.07, 6.45) is -0.207. The maximum atomic E-state index is 13.1. The van der Waals surface area contributed by atoms with E-state index in [2.05, 4.69) is 10.3 Å². The highest BCUT2D eigenvalue weighted by Gasteiger charge is 2.43. The van der Waals surface area contributed by atoms with Crippen molar-refractivity contribution in [3.8, 4) is 11.3 Å². The molecule has 1 N–H and O–H groups in total. The molecule has 9 nitrogen and oxygen atoms in total. The molecule has 2 aliphatic rings. The molecule has 1 fully saturated rings. The number of benzene rings is 1. The lowest BCUT2D eigenvalue weighted by Gasteiger charge is -2.27. The first-order valence-corrected chi connectivity index (χ1v) is 12.2. The number of carbonyl (C=O) groups is 3. The van der Waals surface area contributed by atoms with Gasteiger partial charge in [-0.1, -0.05) is 24.3 Å². The van der Waals surface area contributed by atoms with Gasteiger partial charge in [-0.25, -0.2) is 4.79 Å². The average molecular weight is 540 g/mol. The Bertz CT molecular complexity index is 1460. The molecular weight excluding hydrogens is 517 g/mol. The van der Waals surface area contributed by atoms with Crippen LogP contribution in [0.4, 0.5) is 13.2 Å². The van der Waals surface area contributed by atoms with Crippen molar-refractivity contribution in [3.05, 3.63) is 76.7 Å². The van der Waals surface area contributed by atoms with Crippen LogP contribution in [0.15, 0.2) is 48.7 Å². The Morgan fingerprint density at radius 2 is 1.85 bits per heavy atom.